The highest BCUT2D eigenvalue weighted by molar-refractivity contribution is 5.66. The molecule has 1 heterocycles. The normalized spacial score (nSPS) is 15.0. The highest BCUT2D eigenvalue weighted by Gasteiger charge is 2.29. The Morgan fingerprint density at radius 2 is 2.11 bits per heavy atom. The number of nitrogens with one attached hydrogen (secondary N) is 1. The van der Waals surface area contributed by atoms with Gasteiger partial charge in [-0.3, -0.25) is 10.1 Å². The third-order valence-corrected chi connectivity index (χ3v) is 4.87. The fraction of sp³-hybridized carbons (Fsp3) is 0.611. The van der Waals surface area contributed by atoms with Gasteiger partial charge in [0, 0.05) is 18.7 Å². The van der Waals surface area contributed by atoms with E-state index in [2.05, 4.69) is 34.5 Å². The molecule has 3 rings (SSSR count). The zero-order valence-electron chi connectivity index (χ0n) is 16.1. The Morgan fingerprint density at radius 1 is 1.36 bits per heavy atom. The fourth-order valence-electron chi connectivity index (χ4n) is 3.64. The minimum Gasteiger partial charge on any atom is -0.482 e. The number of hydrogen-bond acceptors (Lipinski definition) is 7. The topological polar surface area (TPSA) is 110 Å². The van der Waals surface area contributed by atoms with E-state index in [1.54, 1.807) is 0 Å². The smallest absolute Gasteiger partial charge is 0.296 e. The van der Waals surface area contributed by atoms with E-state index in [0.29, 0.717) is 24.0 Å². The lowest BCUT2D eigenvalue weighted by Crippen LogP contribution is -2.39. The van der Waals surface area contributed by atoms with Gasteiger partial charge in [0.15, 0.2) is 17.4 Å². The van der Waals surface area contributed by atoms with Gasteiger partial charge in [-0.15, -0.1) is 5.10 Å². The van der Waals surface area contributed by atoms with Gasteiger partial charge in [0.2, 0.25) is 0 Å². The van der Waals surface area contributed by atoms with Crippen LogP contribution in [0.5, 0.6) is 5.75 Å². The van der Waals surface area contributed by atoms with Gasteiger partial charge >= 0.3 is 0 Å². The molecular weight excluding hydrogens is 367 g/mol. The molecule has 1 saturated carbocycles. The van der Waals surface area contributed by atoms with Gasteiger partial charge in [-0.25, -0.2) is 9.49 Å². The van der Waals surface area contributed by atoms with Crippen LogP contribution in [0.25, 0.3) is 0 Å². The number of aromatic nitrogens is 4. The van der Waals surface area contributed by atoms with Crippen LogP contribution in [0.15, 0.2) is 12.1 Å². The first kappa shape index (κ1) is 20.0. The molecule has 0 atom stereocenters. The lowest BCUT2D eigenvalue weighted by molar-refractivity contribution is -0.384. The van der Waals surface area contributed by atoms with Crippen molar-refractivity contribution >= 4 is 11.4 Å². The van der Waals surface area contributed by atoms with E-state index in [1.165, 1.54) is 12.5 Å². The number of nitro groups is 1. The molecule has 1 aliphatic rings. The summed E-state index contributed by atoms with van der Waals surface area (Å²) in [5.41, 5.74) is 0.162. The van der Waals surface area contributed by atoms with E-state index in [1.807, 2.05) is 4.90 Å². The van der Waals surface area contributed by atoms with Crippen molar-refractivity contribution in [3.05, 3.63) is 33.9 Å². The van der Waals surface area contributed by atoms with Crippen LogP contribution in [0.3, 0.4) is 0 Å². The number of hydrogen-bond donors (Lipinski definition) is 1. The van der Waals surface area contributed by atoms with Gasteiger partial charge in [-0.05, 0) is 29.2 Å². The number of rotatable bonds is 8. The van der Waals surface area contributed by atoms with Gasteiger partial charge in [0.25, 0.3) is 5.69 Å². The highest BCUT2D eigenvalue weighted by atomic mass is 19.1. The predicted octanol–water partition coefficient (Wildman–Crippen LogP) is 3.62. The molecule has 1 aromatic carbocycles. The summed E-state index contributed by atoms with van der Waals surface area (Å²) in [6.07, 6.45) is 5.26. The van der Waals surface area contributed by atoms with Crippen LogP contribution >= 0.6 is 0 Å². The summed E-state index contributed by atoms with van der Waals surface area (Å²) in [4.78, 5) is 13.3. The number of tetrazole rings is 1. The summed E-state index contributed by atoms with van der Waals surface area (Å²) in [6.45, 7) is 4.63. The Labute approximate surface area is 162 Å². The second kappa shape index (κ2) is 8.94. The minimum absolute atomic E-state index is 0.112. The second-order valence-corrected chi connectivity index (χ2v) is 7.50. The Kier molecular flexibility index (Phi) is 6.37. The number of H-pyrrole nitrogens is 1. The largest absolute Gasteiger partial charge is 0.482 e. The Bertz CT molecular complexity index is 793. The molecule has 0 radical (unpaired) electrons. The third kappa shape index (κ3) is 4.73. The van der Waals surface area contributed by atoms with E-state index in [-0.39, 0.29) is 24.1 Å². The van der Waals surface area contributed by atoms with Crippen molar-refractivity contribution in [2.45, 2.75) is 58.6 Å². The molecule has 2 aromatic rings. The molecule has 0 amide bonds. The van der Waals surface area contributed by atoms with Crippen molar-refractivity contribution in [2.75, 3.05) is 11.4 Å². The molecule has 0 bridgehead atoms. The Hall–Kier alpha value is -2.78. The Morgan fingerprint density at radius 3 is 2.71 bits per heavy atom. The fourth-order valence-corrected chi connectivity index (χ4v) is 3.64. The molecular formula is C18H25FN6O3. The van der Waals surface area contributed by atoms with Gasteiger partial charge < -0.3 is 9.64 Å². The van der Waals surface area contributed by atoms with Crippen molar-refractivity contribution in [1.82, 2.24) is 20.6 Å². The highest BCUT2D eigenvalue weighted by Crippen LogP contribution is 2.38. The van der Waals surface area contributed by atoms with Crippen LogP contribution in [0, 0.1) is 21.8 Å². The molecule has 0 unspecified atom stereocenters. The summed E-state index contributed by atoms with van der Waals surface area (Å²) < 4.78 is 20.1. The first-order chi connectivity index (χ1) is 13.5. The van der Waals surface area contributed by atoms with E-state index in [9.17, 15) is 14.5 Å². The zero-order valence-corrected chi connectivity index (χ0v) is 16.1. The van der Waals surface area contributed by atoms with Gasteiger partial charge in [-0.1, -0.05) is 33.1 Å². The molecule has 0 aliphatic heterocycles. The lowest BCUT2D eigenvalue weighted by Gasteiger charge is -2.37. The van der Waals surface area contributed by atoms with Gasteiger partial charge in [-0.2, -0.15) is 0 Å². The monoisotopic (exact) mass is 392 g/mol. The molecule has 28 heavy (non-hydrogen) atoms. The summed E-state index contributed by atoms with van der Waals surface area (Å²) in [5, 5.41) is 24.7. The minimum atomic E-state index is -0.641. The molecule has 10 heteroatoms. The van der Waals surface area contributed by atoms with Crippen molar-refractivity contribution in [1.29, 1.82) is 0 Å². The number of benzene rings is 1. The maximum atomic E-state index is 14.8. The van der Waals surface area contributed by atoms with Crippen LogP contribution in [0.1, 0.15) is 51.8 Å². The molecule has 152 valence electrons. The lowest BCUT2D eigenvalue weighted by atomic mass is 9.93. The van der Waals surface area contributed by atoms with Crippen LogP contribution < -0.4 is 9.64 Å². The summed E-state index contributed by atoms with van der Waals surface area (Å²) >= 11 is 0. The number of halogens is 1. The number of anilines is 1. The van der Waals surface area contributed by atoms with Crippen molar-refractivity contribution < 1.29 is 14.1 Å². The SMILES string of the molecule is CC(C)CN(c1cc(F)c(OCc2nnn[nH]2)cc1[N+](=O)[O-])C1CCCCC1. The second-order valence-electron chi connectivity index (χ2n) is 7.50. The number of aromatic amines is 1. The molecule has 0 spiro atoms. The zero-order chi connectivity index (χ0) is 20.1. The quantitative estimate of drug-likeness (QED) is 0.539. The maximum absolute atomic E-state index is 14.8. The van der Waals surface area contributed by atoms with Gasteiger partial charge in [0.05, 0.1) is 11.0 Å². The van der Waals surface area contributed by atoms with Crippen LogP contribution in [-0.4, -0.2) is 38.1 Å². The average Bonchev–Trinajstić information content (AvgIpc) is 3.19. The van der Waals surface area contributed by atoms with Crippen LogP contribution in [0.2, 0.25) is 0 Å². The van der Waals surface area contributed by atoms with E-state index >= 15 is 0 Å². The first-order valence-electron chi connectivity index (χ1n) is 9.55. The third-order valence-electron chi connectivity index (χ3n) is 4.87. The summed E-state index contributed by atoms with van der Waals surface area (Å²) in [7, 11) is 0. The van der Waals surface area contributed by atoms with Crippen LogP contribution in [-0.2, 0) is 6.61 Å². The summed E-state index contributed by atoms with van der Waals surface area (Å²) in [5.74, 6) is -0.244. The van der Waals surface area contributed by atoms with E-state index in [0.717, 1.165) is 31.7 Å². The predicted molar refractivity (Wildman–Crippen MR) is 101 cm³/mol. The number of ether oxygens (including phenoxy) is 1. The van der Waals surface area contributed by atoms with Gasteiger partial charge in [0.1, 0.15) is 12.3 Å². The average molecular weight is 392 g/mol. The molecule has 1 aromatic heterocycles. The summed E-state index contributed by atoms with van der Waals surface area (Å²) in [6, 6.07) is 2.56. The van der Waals surface area contributed by atoms with Crippen molar-refractivity contribution in [2.24, 2.45) is 5.92 Å². The van der Waals surface area contributed by atoms with E-state index < -0.39 is 10.7 Å². The van der Waals surface area contributed by atoms with Crippen molar-refractivity contribution in [3.63, 3.8) is 0 Å². The van der Waals surface area contributed by atoms with E-state index in [4.69, 9.17) is 4.74 Å². The standard InChI is InChI=1S/C18H25FN6O3/c1-12(2)10-24(13-6-4-3-5-7-13)15-8-14(19)17(9-16(15)25(26)27)28-11-18-20-22-23-21-18/h8-9,12-13H,3-7,10-11H2,1-2H3,(H,20,21,22,23). The van der Waals surface area contributed by atoms with Crippen LogP contribution in [0.4, 0.5) is 15.8 Å². The number of nitrogens with zero attached hydrogens (tertiary/aromatic N) is 5. The number of nitro benzene ring substituents is 1. The molecule has 9 nitrogen and oxygen atoms in total. The maximum Gasteiger partial charge on any atom is 0.296 e. The molecule has 1 aliphatic carbocycles. The molecule has 1 fully saturated rings. The Balaban J connectivity index is 1.92. The van der Waals surface area contributed by atoms with Crippen molar-refractivity contribution in [3.8, 4) is 5.75 Å². The molecule has 1 N–H and O–H groups in total. The molecule has 0 saturated heterocycles. The first-order valence-corrected chi connectivity index (χ1v) is 9.55.